The van der Waals surface area contributed by atoms with Crippen molar-refractivity contribution < 1.29 is 0 Å². The molecule has 0 unspecified atom stereocenters. The summed E-state index contributed by atoms with van der Waals surface area (Å²) in [7, 11) is 8.52. The molecule has 0 fully saturated rings. The van der Waals surface area contributed by atoms with Crippen LogP contribution in [0.2, 0.25) is 0 Å². The van der Waals surface area contributed by atoms with Crippen LogP contribution in [0, 0.1) is 27.7 Å². The van der Waals surface area contributed by atoms with Crippen LogP contribution >= 0.6 is 0 Å². The number of benzene rings is 3. The highest BCUT2D eigenvalue weighted by Gasteiger charge is 2.21. The van der Waals surface area contributed by atoms with Crippen molar-refractivity contribution in [1.82, 2.24) is 0 Å². The molecule has 3 heteroatoms. The second-order valence-corrected chi connectivity index (χ2v) is 9.99. The monoisotopic (exact) mass is 457 g/mol. The highest BCUT2D eigenvalue weighted by Crippen LogP contribution is 2.39. The van der Waals surface area contributed by atoms with Crippen LogP contribution < -0.4 is 14.7 Å². The molecule has 3 nitrogen and oxygen atoms in total. The van der Waals surface area contributed by atoms with Crippen LogP contribution in [-0.2, 0) is 0 Å². The lowest BCUT2D eigenvalue weighted by Gasteiger charge is -2.27. The van der Waals surface area contributed by atoms with E-state index >= 15 is 0 Å². The molecule has 34 heavy (non-hydrogen) atoms. The van der Waals surface area contributed by atoms with Crippen molar-refractivity contribution in [3.63, 3.8) is 0 Å². The number of hydrogen-bond donors (Lipinski definition) is 0. The molecule has 0 aromatic heterocycles. The summed E-state index contributed by atoms with van der Waals surface area (Å²) in [6.07, 6.45) is 0. The first kappa shape index (κ1) is 25.7. The molecule has 0 aliphatic carbocycles. The predicted octanol–water partition coefficient (Wildman–Crippen LogP) is 7.08. The van der Waals surface area contributed by atoms with Gasteiger partial charge in [-0.25, -0.2) is 0 Å². The number of anilines is 3. The Labute approximate surface area is 208 Å². The molecule has 0 saturated heterocycles. The molecule has 0 radical (unpaired) electrons. The summed E-state index contributed by atoms with van der Waals surface area (Å²) >= 11 is 0. The first-order valence-corrected chi connectivity index (χ1v) is 12.5. The van der Waals surface area contributed by atoms with Gasteiger partial charge in [-0.3, -0.25) is 0 Å². The standard InChI is InChI=1S/C31H43N3/c1-11-34(12-2)28-15-13-25(14-16-28)29(26-17-21(3)30(32(7)8)22(4)18-26)27-19-23(5)31(33(9)10)24(6)20-27/h13-20,29H,11-12H2,1-10H3. The van der Waals surface area contributed by atoms with Crippen molar-refractivity contribution in [2.45, 2.75) is 47.5 Å². The van der Waals surface area contributed by atoms with E-state index < -0.39 is 0 Å². The smallest absolute Gasteiger partial charge is 0.0420 e. The Morgan fingerprint density at radius 1 is 0.559 bits per heavy atom. The third kappa shape index (κ3) is 5.09. The minimum absolute atomic E-state index is 0.188. The Balaban J connectivity index is 2.22. The van der Waals surface area contributed by atoms with Crippen molar-refractivity contribution in [3.05, 3.63) is 87.5 Å². The van der Waals surface area contributed by atoms with E-state index in [1.165, 1.54) is 56.0 Å². The topological polar surface area (TPSA) is 9.72 Å². The van der Waals surface area contributed by atoms with Gasteiger partial charge in [0, 0.05) is 64.3 Å². The van der Waals surface area contributed by atoms with Crippen LogP contribution in [0.15, 0.2) is 48.5 Å². The summed E-state index contributed by atoms with van der Waals surface area (Å²) in [6, 6.07) is 18.8. The van der Waals surface area contributed by atoms with Gasteiger partial charge in [0.25, 0.3) is 0 Å². The molecule has 0 spiro atoms. The zero-order valence-corrected chi connectivity index (χ0v) is 23.0. The predicted molar refractivity (Wildman–Crippen MR) is 151 cm³/mol. The molecule has 0 atom stereocenters. The molecule has 0 bridgehead atoms. The second kappa shape index (κ2) is 10.5. The summed E-state index contributed by atoms with van der Waals surface area (Å²) in [5.74, 6) is 0.188. The van der Waals surface area contributed by atoms with E-state index in [1.54, 1.807) is 0 Å². The molecule has 0 heterocycles. The summed E-state index contributed by atoms with van der Waals surface area (Å²) in [5.41, 5.74) is 13.3. The molecule has 0 aliphatic heterocycles. The van der Waals surface area contributed by atoms with Gasteiger partial charge in [0.1, 0.15) is 0 Å². The van der Waals surface area contributed by atoms with Crippen molar-refractivity contribution >= 4 is 17.1 Å². The number of hydrogen-bond acceptors (Lipinski definition) is 3. The molecular formula is C31H43N3. The van der Waals surface area contributed by atoms with Gasteiger partial charge in [-0.2, -0.15) is 0 Å². The first-order chi connectivity index (χ1) is 16.1. The van der Waals surface area contributed by atoms with E-state index in [2.05, 4.69) is 133 Å². The highest BCUT2D eigenvalue weighted by atomic mass is 15.1. The third-order valence-electron chi connectivity index (χ3n) is 6.94. The van der Waals surface area contributed by atoms with Crippen LogP contribution in [0.5, 0.6) is 0 Å². The van der Waals surface area contributed by atoms with Crippen LogP contribution in [0.3, 0.4) is 0 Å². The fraction of sp³-hybridized carbons (Fsp3) is 0.419. The maximum absolute atomic E-state index is 2.40. The summed E-state index contributed by atoms with van der Waals surface area (Å²) in [4.78, 5) is 6.85. The molecular weight excluding hydrogens is 414 g/mol. The van der Waals surface area contributed by atoms with Gasteiger partial charge in [0.15, 0.2) is 0 Å². The fourth-order valence-electron chi connectivity index (χ4n) is 5.77. The molecule has 182 valence electrons. The zero-order chi connectivity index (χ0) is 25.2. The average Bonchev–Trinajstić information content (AvgIpc) is 2.74. The van der Waals surface area contributed by atoms with Gasteiger partial charge in [0.2, 0.25) is 0 Å². The molecule has 0 saturated carbocycles. The Bertz CT molecular complexity index is 1010. The van der Waals surface area contributed by atoms with Gasteiger partial charge in [0.05, 0.1) is 0 Å². The van der Waals surface area contributed by atoms with Crippen molar-refractivity contribution in [2.75, 3.05) is 56.0 Å². The van der Waals surface area contributed by atoms with Crippen LogP contribution in [0.1, 0.15) is 58.7 Å². The van der Waals surface area contributed by atoms with Crippen LogP contribution in [-0.4, -0.2) is 41.3 Å². The van der Waals surface area contributed by atoms with Crippen molar-refractivity contribution in [2.24, 2.45) is 0 Å². The van der Waals surface area contributed by atoms with Crippen LogP contribution in [0.25, 0.3) is 0 Å². The van der Waals surface area contributed by atoms with E-state index in [1.807, 2.05) is 0 Å². The van der Waals surface area contributed by atoms with Gasteiger partial charge < -0.3 is 14.7 Å². The lowest BCUT2D eigenvalue weighted by atomic mass is 9.82. The Kier molecular flexibility index (Phi) is 7.97. The maximum Gasteiger partial charge on any atom is 0.0420 e. The Hall–Kier alpha value is -2.94. The maximum atomic E-state index is 2.40. The lowest BCUT2D eigenvalue weighted by molar-refractivity contribution is 0.864. The summed E-state index contributed by atoms with van der Waals surface area (Å²) < 4.78 is 0. The van der Waals surface area contributed by atoms with Crippen LogP contribution in [0.4, 0.5) is 17.1 Å². The number of nitrogens with zero attached hydrogens (tertiary/aromatic N) is 3. The van der Waals surface area contributed by atoms with Crippen molar-refractivity contribution in [1.29, 1.82) is 0 Å². The molecule has 3 rings (SSSR count). The molecule has 3 aromatic carbocycles. The third-order valence-corrected chi connectivity index (χ3v) is 6.94. The Morgan fingerprint density at radius 2 is 0.912 bits per heavy atom. The minimum Gasteiger partial charge on any atom is -0.377 e. The normalized spacial score (nSPS) is 11.1. The van der Waals surface area contributed by atoms with E-state index in [-0.39, 0.29) is 5.92 Å². The largest absolute Gasteiger partial charge is 0.377 e. The second-order valence-electron chi connectivity index (χ2n) is 9.99. The SMILES string of the molecule is CCN(CC)c1ccc(C(c2cc(C)c(N(C)C)c(C)c2)c2cc(C)c(N(C)C)c(C)c2)cc1. The highest BCUT2D eigenvalue weighted by molar-refractivity contribution is 5.64. The zero-order valence-electron chi connectivity index (χ0n) is 23.0. The number of rotatable bonds is 8. The molecule has 0 amide bonds. The number of aryl methyl sites for hydroxylation is 4. The van der Waals surface area contributed by atoms with Gasteiger partial charge in [-0.05, 0) is 92.6 Å². The van der Waals surface area contributed by atoms with E-state index in [0.29, 0.717) is 0 Å². The fourth-order valence-corrected chi connectivity index (χ4v) is 5.77. The van der Waals surface area contributed by atoms with E-state index in [9.17, 15) is 0 Å². The van der Waals surface area contributed by atoms with Gasteiger partial charge in [-0.1, -0.05) is 36.4 Å². The molecule has 0 N–H and O–H groups in total. The summed E-state index contributed by atoms with van der Waals surface area (Å²) in [6.45, 7) is 15.4. The quantitative estimate of drug-likeness (QED) is 0.335. The van der Waals surface area contributed by atoms with Gasteiger partial charge in [-0.15, -0.1) is 0 Å². The lowest BCUT2D eigenvalue weighted by Crippen LogP contribution is -2.21. The van der Waals surface area contributed by atoms with E-state index in [0.717, 1.165) is 13.1 Å². The Morgan fingerprint density at radius 3 is 1.21 bits per heavy atom. The first-order valence-electron chi connectivity index (χ1n) is 12.5. The van der Waals surface area contributed by atoms with Gasteiger partial charge >= 0.3 is 0 Å². The minimum atomic E-state index is 0.188. The van der Waals surface area contributed by atoms with Crippen molar-refractivity contribution in [3.8, 4) is 0 Å². The molecule has 3 aromatic rings. The average molecular weight is 458 g/mol. The molecule has 0 aliphatic rings. The summed E-state index contributed by atoms with van der Waals surface area (Å²) in [5, 5.41) is 0. The van der Waals surface area contributed by atoms with E-state index in [4.69, 9.17) is 0 Å².